The molecule has 0 aromatic heterocycles. The van der Waals surface area contributed by atoms with E-state index in [0.29, 0.717) is 19.3 Å². The molecule has 6 heteroatoms. The van der Waals surface area contributed by atoms with Gasteiger partial charge in [0.15, 0.2) is 6.10 Å². The molecule has 1 atom stereocenters. The van der Waals surface area contributed by atoms with Crippen molar-refractivity contribution in [3.05, 3.63) is 0 Å². The SMILES string of the molecule is CCCCCCCCCCCCCCCCC(=O)OC[C@H](COC(=O)CCCCCCCCCCCCCCCC(C)C)OC(=O)CCCCCCCCCCCC. The molecule has 0 aromatic carbocycles. The Morgan fingerprint density at radius 3 is 0.845 bits per heavy atom. The maximum absolute atomic E-state index is 12.7. The predicted molar refractivity (Wildman–Crippen MR) is 247 cm³/mol. The monoisotopic (exact) mass is 821 g/mol. The normalized spacial score (nSPS) is 11.9. The van der Waals surface area contributed by atoms with Crippen LogP contribution in [0.3, 0.4) is 0 Å². The quantitative estimate of drug-likeness (QED) is 0.0346. The summed E-state index contributed by atoms with van der Waals surface area (Å²) >= 11 is 0. The van der Waals surface area contributed by atoms with Crippen LogP contribution in [0.4, 0.5) is 0 Å². The molecule has 344 valence electrons. The molecule has 0 aliphatic carbocycles. The molecule has 0 bridgehead atoms. The highest BCUT2D eigenvalue weighted by atomic mass is 16.6. The first kappa shape index (κ1) is 56.4. The van der Waals surface area contributed by atoms with Crippen molar-refractivity contribution in [1.29, 1.82) is 0 Å². The van der Waals surface area contributed by atoms with Gasteiger partial charge in [0.25, 0.3) is 0 Å². The van der Waals surface area contributed by atoms with Gasteiger partial charge in [0.05, 0.1) is 0 Å². The molecule has 0 fully saturated rings. The molecule has 0 saturated heterocycles. The number of unbranched alkanes of at least 4 members (excludes halogenated alkanes) is 34. The molecule has 0 saturated carbocycles. The summed E-state index contributed by atoms with van der Waals surface area (Å²) in [5.41, 5.74) is 0. The zero-order valence-corrected chi connectivity index (χ0v) is 39.5. The van der Waals surface area contributed by atoms with Gasteiger partial charge in [-0.3, -0.25) is 14.4 Å². The zero-order valence-electron chi connectivity index (χ0n) is 39.5. The van der Waals surface area contributed by atoms with E-state index in [1.807, 2.05) is 0 Å². The van der Waals surface area contributed by atoms with Crippen LogP contribution in [0.2, 0.25) is 0 Å². The summed E-state index contributed by atoms with van der Waals surface area (Å²) in [7, 11) is 0. The highest BCUT2D eigenvalue weighted by molar-refractivity contribution is 5.71. The van der Waals surface area contributed by atoms with Crippen molar-refractivity contribution in [2.24, 2.45) is 5.92 Å². The Morgan fingerprint density at radius 1 is 0.328 bits per heavy atom. The second kappa shape index (κ2) is 46.5. The Hall–Kier alpha value is -1.59. The fourth-order valence-electron chi connectivity index (χ4n) is 7.86. The minimum atomic E-state index is -0.760. The molecule has 0 spiro atoms. The third kappa shape index (κ3) is 45.5. The number of rotatable bonds is 47. The maximum atomic E-state index is 12.7. The number of hydrogen-bond donors (Lipinski definition) is 0. The van der Waals surface area contributed by atoms with Gasteiger partial charge < -0.3 is 14.2 Å². The molecule has 0 amide bonds. The van der Waals surface area contributed by atoms with Crippen LogP contribution in [-0.4, -0.2) is 37.2 Å². The Labute approximate surface area is 361 Å². The van der Waals surface area contributed by atoms with Crippen molar-refractivity contribution >= 4 is 17.9 Å². The van der Waals surface area contributed by atoms with E-state index in [9.17, 15) is 14.4 Å². The lowest BCUT2D eigenvalue weighted by molar-refractivity contribution is -0.167. The number of esters is 3. The molecule has 0 rings (SSSR count). The second-order valence-electron chi connectivity index (χ2n) is 18.3. The topological polar surface area (TPSA) is 78.9 Å². The van der Waals surface area contributed by atoms with Gasteiger partial charge in [-0.05, 0) is 25.2 Å². The lowest BCUT2D eigenvalue weighted by Gasteiger charge is -2.18. The second-order valence-corrected chi connectivity index (χ2v) is 18.3. The molecule has 0 radical (unpaired) electrons. The predicted octanol–water partition coefficient (Wildman–Crippen LogP) is 16.7. The van der Waals surface area contributed by atoms with Gasteiger partial charge in [-0.2, -0.15) is 0 Å². The van der Waals surface area contributed by atoms with Crippen LogP contribution in [0.15, 0.2) is 0 Å². The van der Waals surface area contributed by atoms with Gasteiger partial charge in [0, 0.05) is 19.3 Å². The van der Waals surface area contributed by atoms with Crippen LogP contribution < -0.4 is 0 Å². The fourth-order valence-corrected chi connectivity index (χ4v) is 7.86. The van der Waals surface area contributed by atoms with Gasteiger partial charge in [-0.15, -0.1) is 0 Å². The summed E-state index contributed by atoms with van der Waals surface area (Å²) in [5.74, 6) is -0.00552. The van der Waals surface area contributed by atoms with E-state index < -0.39 is 6.10 Å². The maximum Gasteiger partial charge on any atom is 0.306 e. The van der Waals surface area contributed by atoms with Crippen LogP contribution in [0.5, 0.6) is 0 Å². The average molecular weight is 821 g/mol. The van der Waals surface area contributed by atoms with Gasteiger partial charge in [0.2, 0.25) is 0 Å². The van der Waals surface area contributed by atoms with E-state index in [-0.39, 0.29) is 31.1 Å². The highest BCUT2D eigenvalue weighted by Gasteiger charge is 2.19. The van der Waals surface area contributed by atoms with E-state index >= 15 is 0 Å². The number of carbonyl (C=O) groups is 3. The molecular formula is C52H100O6. The molecule has 0 aliphatic heterocycles. The van der Waals surface area contributed by atoms with Crippen LogP contribution in [-0.2, 0) is 28.6 Å². The third-order valence-electron chi connectivity index (χ3n) is 11.8. The molecule has 0 aliphatic rings. The molecule has 0 aromatic rings. The Morgan fingerprint density at radius 2 is 0.569 bits per heavy atom. The van der Waals surface area contributed by atoms with Gasteiger partial charge in [-0.25, -0.2) is 0 Å². The highest BCUT2D eigenvalue weighted by Crippen LogP contribution is 2.17. The summed E-state index contributed by atoms with van der Waals surface area (Å²) in [6, 6.07) is 0. The molecule has 0 N–H and O–H groups in total. The summed E-state index contributed by atoms with van der Waals surface area (Å²) in [4.78, 5) is 37.9. The lowest BCUT2D eigenvalue weighted by atomic mass is 10.0. The first-order valence-corrected chi connectivity index (χ1v) is 25.9. The van der Waals surface area contributed by atoms with Crippen LogP contribution in [0, 0.1) is 5.92 Å². The Bertz CT molecular complexity index is 872. The standard InChI is InChI=1S/C52H100O6/c1-5-7-9-11-13-15-17-18-21-24-28-31-35-39-43-50(53)56-46-49(58-52(55)45-41-37-33-27-16-14-12-10-8-6-2)47-57-51(54)44-40-36-32-29-25-22-19-20-23-26-30-34-38-42-48(3)4/h48-49H,5-47H2,1-4H3/t49-/m1/s1. The summed E-state index contributed by atoms with van der Waals surface area (Å²) in [6.45, 7) is 9.02. The Balaban J connectivity index is 4.26. The van der Waals surface area contributed by atoms with Crippen molar-refractivity contribution in [3.63, 3.8) is 0 Å². The van der Waals surface area contributed by atoms with Crippen LogP contribution in [0.25, 0.3) is 0 Å². The number of hydrogen-bond acceptors (Lipinski definition) is 6. The smallest absolute Gasteiger partial charge is 0.306 e. The largest absolute Gasteiger partial charge is 0.462 e. The van der Waals surface area contributed by atoms with Gasteiger partial charge in [0.1, 0.15) is 13.2 Å². The van der Waals surface area contributed by atoms with Gasteiger partial charge >= 0.3 is 17.9 Å². The molecular weight excluding hydrogens is 721 g/mol. The summed E-state index contributed by atoms with van der Waals surface area (Å²) in [6.07, 6.45) is 48.0. The van der Waals surface area contributed by atoms with Crippen molar-refractivity contribution in [2.45, 2.75) is 297 Å². The van der Waals surface area contributed by atoms with Crippen molar-refractivity contribution in [3.8, 4) is 0 Å². The van der Waals surface area contributed by atoms with Gasteiger partial charge in [-0.1, -0.05) is 252 Å². The first-order chi connectivity index (χ1) is 28.4. The van der Waals surface area contributed by atoms with E-state index in [4.69, 9.17) is 14.2 Å². The van der Waals surface area contributed by atoms with Crippen molar-refractivity contribution in [2.75, 3.05) is 13.2 Å². The van der Waals surface area contributed by atoms with E-state index in [2.05, 4.69) is 27.7 Å². The first-order valence-electron chi connectivity index (χ1n) is 25.9. The molecule has 6 nitrogen and oxygen atoms in total. The third-order valence-corrected chi connectivity index (χ3v) is 11.8. The number of ether oxygens (including phenoxy) is 3. The lowest BCUT2D eigenvalue weighted by Crippen LogP contribution is -2.30. The molecule has 58 heavy (non-hydrogen) atoms. The molecule has 0 heterocycles. The van der Waals surface area contributed by atoms with E-state index in [1.54, 1.807) is 0 Å². The van der Waals surface area contributed by atoms with Crippen molar-refractivity contribution in [1.82, 2.24) is 0 Å². The van der Waals surface area contributed by atoms with Crippen LogP contribution in [0.1, 0.15) is 291 Å². The zero-order chi connectivity index (χ0) is 42.4. The summed E-state index contributed by atoms with van der Waals surface area (Å²) < 4.78 is 16.8. The van der Waals surface area contributed by atoms with Crippen LogP contribution >= 0.6 is 0 Å². The Kier molecular flexibility index (Phi) is 45.2. The fraction of sp³-hybridized carbons (Fsp3) is 0.942. The van der Waals surface area contributed by atoms with E-state index in [1.165, 1.54) is 186 Å². The molecule has 0 unspecified atom stereocenters. The minimum absolute atomic E-state index is 0.0627. The van der Waals surface area contributed by atoms with Crippen molar-refractivity contribution < 1.29 is 28.6 Å². The number of carbonyl (C=O) groups excluding carboxylic acids is 3. The van der Waals surface area contributed by atoms with E-state index in [0.717, 1.165) is 63.7 Å². The summed E-state index contributed by atoms with van der Waals surface area (Å²) in [5, 5.41) is 0. The minimum Gasteiger partial charge on any atom is -0.462 e. The average Bonchev–Trinajstić information content (AvgIpc) is 3.21.